The molecule has 1 aromatic heterocycles. The molecule has 3 rings (SSSR count). The molecule has 0 aliphatic heterocycles. The summed E-state index contributed by atoms with van der Waals surface area (Å²) in [5.41, 5.74) is 4.71. The van der Waals surface area contributed by atoms with Gasteiger partial charge in [-0.2, -0.15) is 0 Å². The van der Waals surface area contributed by atoms with Crippen molar-refractivity contribution in [2.45, 2.75) is 13.0 Å². The van der Waals surface area contributed by atoms with Crippen molar-refractivity contribution in [3.8, 4) is 0 Å². The second-order valence-corrected chi connectivity index (χ2v) is 5.03. The van der Waals surface area contributed by atoms with Crippen LogP contribution in [0.15, 0.2) is 48.8 Å². The lowest BCUT2D eigenvalue weighted by Gasteiger charge is -2.19. The molecule has 1 N–H and O–H groups in total. The smallest absolute Gasteiger partial charge is 0.123 e. The minimum Gasteiger partial charge on any atom is -0.309 e. The van der Waals surface area contributed by atoms with E-state index in [-0.39, 0.29) is 11.9 Å². The zero-order chi connectivity index (χ0) is 14.8. The van der Waals surface area contributed by atoms with Crippen LogP contribution in [-0.2, 0) is 0 Å². The molecule has 106 valence electrons. The highest BCUT2D eigenvalue weighted by molar-refractivity contribution is 5.74. The number of rotatable bonds is 3. The van der Waals surface area contributed by atoms with Crippen LogP contribution in [0, 0.1) is 12.7 Å². The first-order chi connectivity index (χ1) is 10.2. The predicted octanol–water partition coefficient (Wildman–Crippen LogP) is 3.39. The van der Waals surface area contributed by atoms with Crippen LogP contribution in [0.25, 0.3) is 11.0 Å². The molecule has 0 fully saturated rings. The quantitative estimate of drug-likeness (QED) is 0.799. The lowest BCUT2D eigenvalue weighted by atomic mass is 9.94. The fraction of sp³-hybridized carbons (Fsp3) is 0.176. The molecule has 3 nitrogen and oxygen atoms in total. The number of nitrogens with one attached hydrogen (secondary N) is 1. The number of aryl methyl sites for hydroxylation is 1. The first-order valence-corrected chi connectivity index (χ1v) is 6.83. The number of nitrogens with zero attached hydrogens (tertiary/aromatic N) is 2. The Labute approximate surface area is 122 Å². The number of hydrogen-bond acceptors (Lipinski definition) is 3. The minimum absolute atomic E-state index is 0.0768. The molecule has 4 heteroatoms. The highest BCUT2D eigenvalue weighted by atomic mass is 19.1. The Morgan fingerprint density at radius 1 is 1.00 bits per heavy atom. The van der Waals surface area contributed by atoms with Crippen molar-refractivity contribution >= 4 is 11.0 Å². The molecule has 0 spiro atoms. The van der Waals surface area contributed by atoms with Crippen LogP contribution in [-0.4, -0.2) is 17.0 Å². The van der Waals surface area contributed by atoms with Gasteiger partial charge in [-0.3, -0.25) is 9.97 Å². The summed E-state index contributed by atoms with van der Waals surface area (Å²) in [6, 6.07) is 10.7. The molecule has 0 saturated heterocycles. The molecule has 1 heterocycles. The van der Waals surface area contributed by atoms with Gasteiger partial charge in [0.15, 0.2) is 0 Å². The Kier molecular flexibility index (Phi) is 3.62. The molecule has 0 radical (unpaired) electrons. The number of halogens is 1. The van der Waals surface area contributed by atoms with Crippen molar-refractivity contribution in [2.75, 3.05) is 7.05 Å². The Bertz CT molecular complexity index is 786. The van der Waals surface area contributed by atoms with Gasteiger partial charge in [-0.05, 0) is 54.9 Å². The molecule has 1 unspecified atom stereocenters. The van der Waals surface area contributed by atoms with E-state index in [4.69, 9.17) is 0 Å². The summed E-state index contributed by atoms with van der Waals surface area (Å²) in [4.78, 5) is 8.60. The van der Waals surface area contributed by atoms with Gasteiger partial charge < -0.3 is 5.32 Å². The molecule has 21 heavy (non-hydrogen) atoms. The van der Waals surface area contributed by atoms with Crippen LogP contribution in [0.5, 0.6) is 0 Å². The zero-order valence-corrected chi connectivity index (χ0v) is 12.0. The molecular formula is C17H16FN3. The van der Waals surface area contributed by atoms with E-state index in [9.17, 15) is 4.39 Å². The maximum absolute atomic E-state index is 13.6. The zero-order valence-electron chi connectivity index (χ0n) is 12.0. The Balaban J connectivity index is 2.11. The second kappa shape index (κ2) is 5.58. The van der Waals surface area contributed by atoms with Gasteiger partial charge in [-0.25, -0.2) is 4.39 Å². The van der Waals surface area contributed by atoms with Gasteiger partial charge in [0.2, 0.25) is 0 Å². The van der Waals surface area contributed by atoms with E-state index in [1.807, 2.05) is 32.2 Å². The summed E-state index contributed by atoms with van der Waals surface area (Å²) in [6.07, 6.45) is 3.35. The highest BCUT2D eigenvalue weighted by Crippen LogP contribution is 2.27. The summed E-state index contributed by atoms with van der Waals surface area (Å²) < 4.78 is 13.6. The van der Waals surface area contributed by atoms with Crippen molar-refractivity contribution in [2.24, 2.45) is 0 Å². The fourth-order valence-corrected chi connectivity index (χ4v) is 2.58. The summed E-state index contributed by atoms with van der Waals surface area (Å²) in [7, 11) is 1.87. The van der Waals surface area contributed by atoms with Crippen molar-refractivity contribution < 1.29 is 4.39 Å². The van der Waals surface area contributed by atoms with Crippen LogP contribution in [0.4, 0.5) is 4.39 Å². The summed E-state index contributed by atoms with van der Waals surface area (Å²) in [5, 5.41) is 3.25. The predicted molar refractivity (Wildman–Crippen MR) is 81.6 cm³/mol. The summed E-state index contributed by atoms with van der Waals surface area (Å²) >= 11 is 0. The van der Waals surface area contributed by atoms with Gasteiger partial charge in [0.05, 0.1) is 17.1 Å². The molecule has 0 saturated carbocycles. The molecule has 3 aromatic rings. The summed E-state index contributed by atoms with van der Waals surface area (Å²) in [6.45, 7) is 1.99. The second-order valence-electron chi connectivity index (χ2n) is 5.03. The number of fused-ring (bicyclic) bond motifs is 1. The van der Waals surface area contributed by atoms with Gasteiger partial charge in [-0.1, -0.05) is 12.1 Å². The largest absolute Gasteiger partial charge is 0.309 e. The van der Waals surface area contributed by atoms with E-state index in [0.29, 0.717) is 0 Å². The Morgan fingerprint density at radius 3 is 2.52 bits per heavy atom. The van der Waals surface area contributed by atoms with Crippen molar-refractivity contribution in [1.82, 2.24) is 15.3 Å². The fourth-order valence-electron chi connectivity index (χ4n) is 2.58. The molecule has 1 atom stereocenters. The molecule has 0 bridgehead atoms. The lowest BCUT2D eigenvalue weighted by molar-refractivity contribution is 0.615. The molecular weight excluding hydrogens is 265 g/mol. The molecule has 0 aliphatic carbocycles. The lowest BCUT2D eigenvalue weighted by Crippen LogP contribution is -2.19. The number of benzene rings is 2. The molecule has 0 amide bonds. The van der Waals surface area contributed by atoms with Gasteiger partial charge in [0, 0.05) is 12.4 Å². The summed E-state index contributed by atoms with van der Waals surface area (Å²) in [5.74, 6) is -0.226. The average Bonchev–Trinajstić information content (AvgIpc) is 2.51. The van der Waals surface area contributed by atoms with E-state index in [1.54, 1.807) is 24.5 Å². The molecule has 0 aliphatic rings. The van der Waals surface area contributed by atoms with Crippen LogP contribution in [0.1, 0.15) is 22.7 Å². The minimum atomic E-state index is -0.226. The van der Waals surface area contributed by atoms with Gasteiger partial charge in [0.1, 0.15) is 5.82 Å². The van der Waals surface area contributed by atoms with Crippen LogP contribution < -0.4 is 5.32 Å². The van der Waals surface area contributed by atoms with E-state index in [2.05, 4.69) is 15.3 Å². The Morgan fingerprint density at radius 2 is 1.76 bits per heavy atom. The van der Waals surface area contributed by atoms with Gasteiger partial charge in [-0.15, -0.1) is 0 Å². The first kappa shape index (κ1) is 13.6. The maximum atomic E-state index is 13.6. The standard InChI is InChI=1S/C17H16FN3/c1-11-3-5-13(18)10-14(11)17(19-2)12-4-6-15-16(9-12)21-8-7-20-15/h3-10,17,19H,1-2H3. The van der Waals surface area contributed by atoms with Crippen molar-refractivity contribution in [3.05, 3.63) is 71.3 Å². The van der Waals surface area contributed by atoms with E-state index in [1.165, 1.54) is 6.07 Å². The third-order valence-electron chi connectivity index (χ3n) is 3.67. The molecule has 2 aromatic carbocycles. The average molecular weight is 281 g/mol. The normalized spacial score (nSPS) is 12.5. The van der Waals surface area contributed by atoms with Crippen LogP contribution >= 0.6 is 0 Å². The van der Waals surface area contributed by atoms with E-state index >= 15 is 0 Å². The Hall–Kier alpha value is -2.33. The maximum Gasteiger partial charge on any atom is 0.123 e. The van der Waals surface area contributed by atoms with Crippen molar-refractivity contribution in [3.63, 3.8) is 0 Å². The van der Waals surface area contributed by atoms with Crippen LogP contribution in [0.2, 0.25) is 0 Å². The van der Waals surface area contributed by atoms with Gasteiger partial charge in [0.25, 0.3) is 0 Å². The highest BCUT2D eigenvalue weighted by Gasteiger charge is 2.15. The third kappa shape index (κ3) is 2.62. The first-order valence-electron chi connectivity index (χ1n) is 6.83. The number of aromatic nitrogens is 2. The monoisotopic (exact) mass is 281 g/mol. The van der Waals surface area contributed by atoms with Gasteiger partial charge >= 0.3 is 0 Å². The van der Waals surface area contributed by atoms with Crippen molar-refractivity contribution in [1.29, 1.82) is 0 Å². The van der Waals surface area contributed by atoms with E-state index < -0.39 is 0 Å². The third-order valence-corrected chi connectivity index (χ3v) is 3.67. The SMILES string of the molecule is CNC(c1ccc2nccnc2c1)c1cc(F)ccc1C. The topological polar surface area (TPSA) is 37.8 Å². The number of hydrogen-bond donors (Lipinski definition) is 1. The van der Waals surface area contributed by atoms with Crippen LogP contribution in [0.3, 0.4) is 0 Å². The van der Waals surface area contributed by atoms with E-state index in [0.717, 1.165) is 27.7 Å².